The standard InChI is InChI=1S/C16H6F2N2S/c17-9-3-1-7-13-8(2-4-10(18)14(9)13)16-15(7)19-11-5-21-6-12(11)20-16/h1-6H. The summed E-state index contributed by atoms with van der Waals surface area (Å²) in [7, 11) is 0. The SMILES string of the molecule is Fc1ccc2c3c(ccc(F)c13)-c1nc3cscc3nc1-2. The molecule has 0 aliphatic heterocycles. The highest BCUT2D eigenvalue weighted by Crippen LogP contribution is 2.47. The number of thiophene rings is 1. The molecule has 0 spiro atoms. The highest BCUT2D eigenvalue weighted by molar-refractivity contribution is 7.09. The summed E-state index contributed by atoms with van der Waals surface area (Å²) in [5.41, 5.74) is 4.51. The number of hydrogen-bond donors (Lipinski definition) is 0. The van der Waals surface area contributed by atoms with E-state index in [2.05, 4.69) is 9.97 Å². The first kappa shape index (κ1) is 11.3. The van der Waals surface area contributed by atoms with Crippen molar-refractivity contribution in [1.82, 2.24) is 9.97 Å². The molecule has 2 aromatic carbocycles. The molecule has 4 aromatic rings. The van der Waals surface area contributed by atoms with Crippen molar-refractivity contribution in [1.29, 1.82) is 0 Å². The number of halogens is 2. The Morgan fingerprint density at radius 1 is 0.714 bits per heavy atom. The number of benzene rings is 2. The van der Waals surface area contributed by atoms with Crippen LogP contribution in [0.15, 0.2) is 35.0 Å². The first-order valence-electron chi connectivity index (χ1n) is 6.39. The van der Waals surface area contributed by atoms with Crippen molar-refractivity contribution in [3.63, 3.8) is 0 Å². The predicted molar refractivity (Wildman–Crippen MR) is 79.3 cm³/mol. The number of nitrogens with zero attached hydrogens (tertiary/aromatic N) is 2. The van der Waals surface area contributed by atoms with E-state index in [0.29, 0.717) is 16.8 Å². The van der Waals surface area contributed by atoms with Crippen LogP contribution < -0.4 is 0 Å². The lowest BCUT2D eigenvalue weighted by atomic mass is 10.0. The molecule has 5 rings (SSSR count). The zero-order valence-electron chi connectivity index (χ0n) is 10.5. The Kier molecular flexibility index (Phi) is 1.94. The minimum Gasteiger partial charge on any atom is -0.243 e. The van der Waals surface area contributed by atoms with Crippen LogP contribution in [0.3, 0.4) is 0 Å². The maximum atomic E-state index is 14.0. The predicted octanol–water partition coefficient (Wildman–Crippen LogP) is 4.77. The lowest BCUT2D eigenvalue weighted by Crippen LogP contribution is -1.87. The first-order chi connectivity index (χ1) is 10.2. The summed E-state index contributed by atoms with van der Waals surface area (Å²) in [4.78, 5) is 9.24. The number of aromatic nitrogens is 2. The normalized spacial score (nSPS) is 12.3. The van der Waals surface area contributed by atoms with Gasteiger partial charge < -0.3 is 0 Å². The molecule has 0 fully saturated rings. The van der Waals surface area contributed by atoms with Crippen molar-refractivity contribution in [2.75, 3.05) is 0 Å². The van der Waals surface area contributed by atoms with Gasteiger partial charge in [-0.1, -0.05) is 0 Å². The summed E-state index contributed by atoms with van der Waals surface area (Å²) in [6, 6.07) is 5.89. The molecule has 0 saturated heterocycles. The Morgan fingerprint density at radius 3 is 1.76 bits per heavy atom. The average Bonchev–Trinajstić information content (AvgIpc) is 3.05. The fourth-order valence-corrected chi connectivity index (χ4v) is 3.65. The van der Waals surface area contributed by atoms with Crippen LogP contribution in [0.5, 0.6) is 0 Å². The second-order valence-corrected chi connectivity index (χ2v) is 5.75. The molecule has 2 aromatic heterocycles. The summed E-state index contributed by atoms with van der Waals surface area (Å²) in [5, 5.41) is 4.44. The van der Waals surface area contributed by atoms with Crippen LogP contribution in [0.1, 0.15) is 0 Å². The molecule has 2 heterocycles. The van der Waals surface area contributed by atoms with E-state index in [-0.39, 0.29) is 5.39 Å². The van der Waals surface area contributed by atoms with Gasteiger partial charge in [0.1, 0.15) is 22.7 Å². The molecule has 5 heteroatoms. The molecular formula is C16H6F2N2S. The molecule has 1 aliphatic rings. The molecule has 0 atom stereocenters. The van der Waals surface area contributed by atoms with Gasteiger partial charge in [0.25, 0.3) is 0 Å². The van der Waals surface area contributed by atoms with Gasteiger partial charge in [-0.3, -0.25) is 0 Å². The van der Waals surface area contributed by atoms with Gasteiger partial charge >= 0.3 is 0 Å². The van der Waals surface area contributed by atoms with Crippen molar-refractivity contribution in [3.05, 3.63) is 46.7 Å². The highest BCUT2D eigenvalue weighted by Gasteiger charge is 2.27. The van der Waals surface area contributed by atoms with Gasteiger partial charge in [0.05, 0.1) is 16.8 Å². The van der Waals surface area contributed by atoms with E-state index >= 15 is 0 Å². The second-order valence-electron chi connectivity index (χ2n) is 5.00. The van der Waals surface area contributed by atoms with E-state index in [0.717, 1.165) is 22.2 Å². The Morgan fingerprint density at radius 2 is 1.24 bits per heavy atom. The summed E-state index contributed by atoms with van der Waals surface area (Å²) in [5.74, 6) is -1.11. The summed E-state index contributed by atoms with van der Waals surface area (Å²) >= 11 is 1.54. The van der Waals surface area contributed by atoms with Crippen LogP contribution in [-0.2, 0) is 0 Å². The Bertz CT molecular complexity index is 990. The van der Waals surface area contributed by atoms with Crippen LogP contribution in [-0.4, -0.2) is 9.97 Å². The van der Waals surface area contributed by atoms with Crippen molar-refractivity contribution >= 4 is 33.1 Å². The molecule has 0 saturated carbocycles. The maximum absolute atomic E-state index is 14.0. The molecule has 2 nitrogen and oxygen atoms in total. The van der Waals surface area contributed by atoms with Gasteiger partial charge in [-0.15, -0.1) is 11.3 Å². The fourth-order valence-electron chi connectivity index (χ4n) is 2.98. The van der Waals surface area contributed by atoms with Gasteiger partial charge in [-0.05, 0) is 24.3 Å². The molecule has 0 N–H and O–H groups in total. The third-order valence-corrected chi connectivity index (χ3v) is 4.60. The van der Waals surface area contributed by atoms with Gasteiger partial charge in [0.15, 0.2) is 0 Å². The zero-order valence-corrected chi connectivity index (χ0v) is 11.3. The van der Waals surface area contributed by atoms with E-state index < -0.39 is 11.6 Å². The van der Waals surface area contributed by atoms with E-state index in [1.807, 2.05) is 10.8 Å². The van der Waals surface area contributed by atoms with Crippen LogP contribution in [0.2, 0.25) is 0 Å². The van der Waals surface area contributed by atoms with E-state index in [1.54, 1.807) is 12.1 Å². The summed E-state index contributed by atoms with van der Waals surface area (Å²) < 4.78 is 28.0. The van der Waals surface area contributed by atoms with Crippen molar-refractivity contribution in [2.45, 2.75) is 0 Å². The Balaban J connectivity index is 2.04. The topological polar surface area (TPSA) is 25.8 Å². The number of rotatable bonds is 0. The quantitative estimate of drug-likeness (QED) is 0.411. The molecule has 0 bridgehead atoms. The fraction of sp³-hybridized carbons (Fsp3) is 0. The van der Waals surface area contributed by atoms with E-state index in [1.165, 1.54) is 23.5 Å². The lowest BCUT2D eigenvalue weighted by molar-refractivity contribution is 0.608. The molecule has 100 valence electrons. The van der Waals surface area contributed by atoms with Gasteiger partial charge in [-0.25, -0.2) is 18.7 Å². The van der Waals surface area contributed by atoms with Gasteiger partial charge in [-0.2, -0.15) is 0 Å². The monoisotopic (exact) mass is 296 g/mol. The molecule has 0 unspecified atom stereocenters. The van der Waals surface area contributed by atoms with Crippen LogP contribution >= 0.6 is 11.3 Å². The first-order valence-corrected chi connectivity index (χ1v) is 7.34. The number of hydrogen-bond acceptors (Lipinski definition) is 3. The van der Waals surface area contributed by atoms with Crippen molar-refractivity contribution < 1.29 is 8.78 Å². The summed E-state index contributed by atoms with van der Waals surface area (Å²) in [6.45, 7) is 0. The Labute approximate surface area is 121 Å². The zero-order chi connectivity index (χ0) is 14.1. The average molecular weight is 296 g/mol. The van der Waals surface area contributed by atoms with Gasteiger partial charge in [0, 0.05) is 27.3 Å². The van der Waals surface area contributed by atoms with E-state index in [9.17, 15) is 8.78 Å². The third kappa shape index (κ3) is 1.29. The van der Waals surface area contributed by atoms with Crippen molar-refractivity contribution in [3.8, 4) is 22.5 Å². The largest absolute Gasteiger partial charge is 0.243 e. The van der Waals surface area contributed by atoms with Crippen LogP contribution in [0.4, 0.5) is 8.78 Å². The minimum atomic E-state index is -0.554. The number of fused-ring (bicyclic) bond motifs is 4. The lowest BCUT2D eigenvalue weighted by Gasteiger charge is -2.03. The minimum absolute atomic E-state index is 0.0206. The van der Waals surface area contributed by atoms with E-state index in [4.69, 9.17) is 0 Å². The van der Waals surface area contributed by atoms with Crippen LogP contribution in [0.25, 0.3) is 44.3 Å². The van der Waals surface area contributed by atoms with Gasteiger partial charge in [0.2, 0.25) is 0 Å². The molecule has 0 amide bonds. The van der Waals surface area contributed by atoms with Crippen molar-refractivity contribution in [2.24, 2.45) is 0 Å². The Hall–Kier alpha value is -2.40. The molecule has 0 radical (unpaired) electrons. The molecule has 1 aliphatic carbocycles. The van der Waals surface area contributed by atoms with Crippen LogP contribution in [0, 0.1) is 11.6 Å². The smallest absolute Gasteiger partial charge is 0.134 e. The molecule has 21 heavy (non-hydrogen) atoms. The third-order valence-electron chi connectivity index (χ3n) is 3.88. The maximum Gasteiger partial charge on any atom is 0.134 e. The highest BCUT2D eigenvalue weighted by atomic mass is 32.1. The molecular weight excluding hydrogens is 290 g/mol. The second kappa shape index (κ2) is 3.62. The summed E-state index contributed by atoms with van der Waals surface area (Å²) in [6.07, 6.45) is 0.